The highest BCUT2D eigenvalue weighted by atomic mass is 32.1. The second-order valence-corrected chi connectivity index (χ2v) is 7.44. The summed E-state index contributed by atoms with van der Waals surface area (Å²) in [5.41, 5.74) is 1.87. The molecular weight excluding hydrogens is 412 g/mol. The van der Waals surface area contributed by atoms with Gasteiger partial charge in [0.15, 0.2) is 0 Å². The van der Waals surface area contributed by atoms with Gasteiger partial charge >= 0.3 is 0 Å². The van der Waals surface area contributed by atoms with Crippen LogP contribution in [0.1, 0.15) is 16.8 Å². The Morgan fingerprint density at radius 2 is 1.87 bits per heavy atom. The van der Waals surface area contributed by atoms with Gasteiger partial charge in [0.2, 0.25) is 17.7 Å². The fraction of sp³-hybridized carbons (Fsp3) is 0.150. The number of rotatable bonds is 6. The van der Waals surface area contributed by atoms with Gasteiger partial charge in [-0.15, -0.1) is 21.5 Å². The van der Waals surface area contributed by atoms with E-state index in [4.69, 9.17) is 9.68 Å². The molecule has 2 aromatic carbocycles. The number of amides is 1. The van der Waals surface area contributed by atoms with E-state index in [1.165, 1.54) is 23.5 Å². The standard InChI is InChI=1S/C20H13F2N5O2S/c21-13-5-12(6-14(22)8-13)11-1-2-15-16(7-11)30-20(25-15)10-19-27-26-18(29-19)9-17(28)24-4-3-23/h1-2,5-8H,4,9-10H2,(H,24,28). The number of carbonyl (C=O) groups excluding carboxylic acids is 1. The second-order valence-electron chi connectivity index (χ2n) is 6.33. The van der Waals surface area contributed by atoms with E-state index in [0.29, 0.717) is 17.0 Å². The lowest BCUT2D eigenvalue weighted by Gasteiger charge is -2.02. The summed E-state index contributed by atoms with van der Waals surface area (Å²) in [7, 11) is 0. The van der Waals surface area contributed by atoms with Crippen LogP contribution < -0.4 is 5.32 Å². The largest absolute Gasteiger partial charge is 0.424 e. The van der Waals surface area contributed by atoms with Crippen molar-refractivity contribution in [1.82, 2.24) is 20.5 Å². The van der Waals surface area contributed by atoms with Gasteiger partial charge in [-0.2, -0.15) is 5.26 Å². The van der Waals surface area contributed by atoms with Crippen LogP contribution in [0.3, 0.4) is 0 Å². The van der Waals surface area contributed by atoms with Crippen LogP contribution in [-0.4, -0.2) is 27.6 Å². The average Bonchev–Trinajstić information content (AvgIpc) is 3.31. The van der Waals surface area contributed by atoms with Crippen LogP contribution in [0, 0.1) is 23.0 Å². The third-order valence-electron chi connectivity index (χ3n) is 4.12. The Bertz CT molecular complexity index is 1260. The zero-order chi connectivity index (χ0) is 21.1. The molecule has 0 aliphatic rings. The number of nitrogens with one attached hydrogen (secondary N) is 1. The molecule has 0 aliphatic carbocycles. The Balaban J connectivity index is 1.51. The van der Waals surface area contributed by atoms with E-state index in [9.17, 15) is 13.6 Å². The van der Waals surface area contributed by atoms with Crippen molar-refractivity contribution in [3.05, 3.63) is 64.8 Å². The predicted octanol–water partition coefficient (Wildman–Crippen LogP) is 3.40. The number of aromatic nitrogens is 3. The molecule has 0 atom stereocenters. The Hall–Kier alpha value is -3.71. The molecule has 150 valence electrons. The first-order chi connectivity index (χ1) is 14.5. The third-order valence-corrected chi connectivity index (χ3v) is 5.13. The molecule has 4 aromatic rings. The van der Waals surface area contributed by atoms with Crippen molar-refractivity contribution in [2.75, 3.05) is 6.54 Å². The van der Waals surface area contributed by atoms with E-state index in [1.54, 1.807) is 12.1 Å². The van der Waals surface area contributed by atoms with E-state index in [2.05, 4.69) is 20.5 Å². The number of benzene rings is 2. The molecule has 1 amide bonds. The maximum absolute atomic E-state index is 13.5. The lowest BCUT2D eigenvalue weighted by atomic mass is 10.1. The van der Waals surface area contributed by atoms with Crippen molar-refractivity contribution in [2.45, 2.75) is 12.8 Å². The molecule has 0 spiro atoms. The van der Waals surface area contributed by atoms with E-state index in [-0.39, 0.29) is 31.2 Å². The molecule has 2 aromatic heterocycles. The number of thiazole rings is 1. The van der Waals surface area contributed by atoms with Gasteiger partial charge in [-0.25, -0.2) is 13.8 Å². The summed E-state index contributed by atoms with van der Waals surface area (Å²) in [6.45, 7) is -0.0875. The van der Waals surface area contributed by atoms with Gasteiger partial charge in [0.05, 0.1) is 22.7 Å². The molecule has 10 heteroatoms. The van der Waals surface area contributed by atoms with Crippen LogP contribution in [0.15, 0.2) is 40.8 Å². The molecule has 0 aliphatic heterocycles. The minimum Gasteiger partial charge on any atom is -0.424 e. The Morgan fingerprint density at radius 1 is 1.10 bits per heavy atom. The zero-order valence-corrected chi connectivity index (χ0v) is 16.2. The Morgan fingerprint density at radius 3 is 2.63 bits per heavy atom. The smallest absolute Gasteiger partial charge is 0.230 e. The summed E-state index contributed by atoms with van der Waals surface area (Å²) in [6.07, 6.45) is 0.179. The zero-order valence-electron chi connectivity index (χ0n) is 15.4. The topological polar surface area (TPSA) is 105 Å². The van der Waals surface area contributed by atoms with Gasteiger partial charge < -0.3 is 9.73 Å². The van der Waals surface area contributed by atoms with Crippen molar-refractivity contribution < 1.29 is 18.0 Å². The summed E-state index contributed by atoms with van der Waals surface area (Å²) in [4.78, 5) is 16.1. The van der Waals surface area contributed by atoms with Gasteiger partial charge in [0.25, 0.3) is 0 Å². The van der Waals surface area contributed by atoms with Crippen LogP contribution >= 0.6 is 11.3 Å². The predicted molar refractivity (Wildman–Crippen MR) is 104 cm³/mol. The molecule has 7 nitrogen and oxygen atoms in total. The van der Waals surface area contributed by atoms with Crippen LogP contribution in [-0.2, 0) is 17.6 Å². The van der Waals surface area contributed by atoms with E-state index < -0.39 is 11.6 Å². The van der Waals surface area contributed by atoms with Gasteiger partial charge in [-0.05, 0) is 35.4 Å². The summed E-state index contributed by atoms with van der Waals surface area (Å²) in [5.74, 6) is -1.19. The first-order valence-electron chi connectivity index (χ1n) is 8.81. The molecule has 1 N–H and O–H groups in total. The molecule has 4 rings (SSSR count). The molecule has 0 bridgehead atoms. The Labute approximate surface area is 173 Å². The van der Waals surface area contributed by atoms with Crippen molar-refractivity contribution in [1.29, 1.82) is 5.26 Å². The molecule has 0 fully saturated rings. The number of hydrogen-bond donors (Lipinski definition) is 1. The number of hydrogen-bond acceptors (Lipinski definition) is 7. The monoisotopic (exact) mass is 425 g/mol. The number of nitrogens with zero attached hydrogens (tertiary/aromatic N) is 4. The van der Waals surface area contributed by atoms with E-state index >= 15 is 0 Å². The maximum Gasteiger partial charge on any atom is 0.230 e. The molecular formula is C20H13F2N5O2S. The van der Waals surface area contributed by atoms with Gasteiger partial charge in [-0.3, -0.25) is 4.79 Å². The van der Waals surface area contributed by atoms with Crippen LogP contribution in [0.5, 0.6) is 0 Å². The first-order valence-corrected chi connectivity index (χ1v) is 9.62. The van der Waals surface area contributed by atoms with E-state index in [0.717, 1.165) is 21.3 Å². The number of carbonyl (C=O) groups is 1. The molecule has 0 radical (unpaired) electrons. The lowest BCUT2D eigenvalue weighted by molar-refractivity contribution is -0.120. The minimum absolute atomic E-state index is 0.0875. The van der Waals surface area contributed by atoms with Crippen molar-refractivity contribution in [3.8, 4) is 17.2 Å². The fourth-order valence-corrected chi connectivity index (χ4v) is 3.84. The van der Waals surface area contributed by atoms with Crippen molar-refractivity contribution in [3.63, 3.8) is 0 Å². The highest BCUT2D eigenvalue weighted by molar-refractivity contribution is 7.18. The number of fused-ring (bicyclic) bond motifs is 1. The highest BCUT2D eigenvalue weighted by Crippen LogP contribution is 2.30. The lowest BCUT2D eigenvalue weighted by Crippen LogP contribution is -2.25. The third kappa shape index (κ3) is 4.47. The average molecular weight is 425 g/mol. The van der Waals surface area contributed by atoms with Crippen LogP contribution in [0.4, 0.5) is 8.78 Å². The maximum atomic E-state index is 13.5. The summed E-state index contributed by atoms with van der Waals surface area (Å²) in [6, 6.07) is 10.6. The van der Waals surface area contributed by atoms with Crippen LogP contribution in [0.2, 0.25) is 0 Å². The minimum atomic E-state index is -0.636. The van der Waals surface area contributed by atoms with Crippen molar-refractivity contribution >= 4 is 27.5 Å². The normalized spacial score (nSPS) is 10.8. The van der Waals surface area contributed by atoms with Crippen molar-refractivity contribution in [2.24, 2.45) is 0 Å². The first kappa shape index (κ1) is 19.6. The van der Waals surface area contributed by atoms with Gasteiger partial charge in [-0.1, -0.05) is 6.07 Å². The van der Waals surface area contributed by atoms with Crippen LogP contribution in [0.25, 0.3) is 21.3 Å². The molecule has 0 saturated carbocycles. The molecule has 0 saturated heterocycles. The highest BCUT2D eigenvalue weighted by Gasteiger charge is 2.14. The van der Waals surface area contributed by atoms with Gasteiger partial charge in [0, 0.05) is 6.07 Å². The van der Waals surface area contributed by atoms with E-state index in [1.807, 2.05) is 12.1 Å². The van der Waals surface area contributed by atoms with Gasteiger partial charge in [0.1, 0.15) is 29.6 Å². The second kappa shape index (κ2) is 8.34. The Kier molecular flexibility index (Phi) is 5.45. The fourth-order valence-electron chi connectivity index (χ4n) is 2.85. The number of halogens is 2. The molecule has 0 unspecified atom stereocenters. The summed E-state index contributed by atoms with van der Waals surface area (Å²) in [5, 5.41) is 19.3. The summed E-state index contributed by atoms with van der Waals surface area (Å²) < 4.78 is 33.3. The molecule has 2 heterocycles. The SMILES string of the molecule is N#CCNC(=O)Cc1nnc(Cc2nc3ccc(-c4cc(F)cc(F)c4)cc3s2)o1. The number of nitriles is 1. The quantitative estimate of drug-likeness (QED) is 0.475. The molecule has 30 heavy (non-hydrogen) atoms. The summed E-state index contributed by atoms with van der Waals surface area (Å²) >= 11 is 1.40.